The third-order valence-electron chi connectivity index (χ3n) is 3.06. The summed E-state index contributed by atoms with van der Waals surface area (Å²) in [5, 5.41) is 0. The number of rotatable bonds is 4. The Labute approximate surface area is 119 Å². The van der Waals surface area contributed by atoms with Crippen LogP contribution in [0.3, 0.4) is 0 Å². The predicted molar refractivity (Wildman–Crippen MR) is 78.4 cm³/mol. The van der Waals surface area contributed by atoms with Gasteiger partial charge in [0.25, 0.3) is 0 Å². The van der Waals surface area contributed by atoms with E-state index in [1.807, 2.05) is 52.0 Å². The first-order valence-electron chi connectivity index (χ1n) is 6.76. The zero-order valence-corrected chi connectivity index (χ0v) is 12.4. The van der Waals surface area contributed by atoms with E-state index >= 15 is 0 Å². The number of anilines is 1. The van der Waals surface area contributed by atoms with Crippen molar-refractivity contribution in [3.8, 4) is 0 Å². The molecule has 20 heavy (non-hydrogen) atoms. The van der Waals surface area contributed by atoms with Crippen LogP contribution in [0.4, 0.5) is 6.01 Å². The van der Waals surface area contributed by atoms with Gasteiger partial charge in [0.05, 0.1) is 12.2 Å². The summed E-state index contributed by atoms with van der Waals surface area (Å²) in [6.45, 7) is 8.10. The summed E-state index contributed by atoms with van der Waals surface area (Å²) in [4.78, 5) is 18.2. The molecule has 4 heteroatoms. The first-order valence-corrected chi connectivity index (χ1v) is 6.76. The van der Waals surface area contributed by atoms with Crippen molar-refractivity contribution >= 4 is 11.9 Å². The smallest absolute Gasteiger partial charge is 0.304 e. The molecule has 0 N–H and O–H groups in total. The van der Waals surface area contributed by atoms with Crippen LogP contribution in [0.1, 0.15) is 30.7 Å². The van der Waals surface area contributed by atoms with E-state index in [9.17, 15) is 4.79 Å². The van der Waals surface area contributed by atoms with Crippen molar-refractivity contribution in [2.75, 3.05) is 4.90 Å². The maximum absolute atomic E-state index is 12.3. The molecule has 106 valence electrons. The first kappa shape index (κ1) is 14.3. The zero-order chi connectivity index (χ0) is 14.7. The summed E-state index contributed by atoms with van der Waals surface area (Å²) in [7, 11) is 0. The average molecular weight is 272 g/mol. The molecular formula is C16H20N2O2. The van der Waals surface area contributed by atoms with Gasteiger partial charge in [0.1, 0.15) is 6.26 Å². The molecule has 2 rings (SSSR count). The molecule has 4 nitrogen and oxygen atoms in total. The minimum atomic E-state index is -0.104. The Bertz CT molecular complexity index is 585. The molecule has 0 radical (unpaired) electrons. The third kappa shape index (κ3) is 3.26. The fourth-order valence-corrected chi connectivity index (χ4v) is 1.89. The first-order chi connectivity index (χ1) is 9.47. The molecule has 1 amide bonds. The molecule has 1 heterocycles. The minimum Gasteiger partial charge on any atom is -0.431 e. The van der Waals surface area contributed by atoms with Gasteiger partial charge in [-0.2, -0.15) is 4.98 Å². The molecule has 0 fully saturated rings. The van der Waals surface area contributed by atoms with Crippen molar-refractivity contribution in [1.29, 1.82) is 0 Å². The monoisotopic (exact) mass is 272 g/mol. The predicted octanol–water partition coefficient (Wildman–Crippen LogP) is 3.48. The Morgan fingerprint density at radius 3 is 2.40 bits per heavy atom. The number of hydrogen-bond donors (Lipinski definition) is 0. The number of oxazole rings is 1. The van der Waals surface area contributed by atoms with E-state index < -0.39 is 0 Å². The lowest BCUT2D eigenvalue weighted by atomic mass is 10.1. The fourth-order valence-electron chi connectivity index (χ4n) is 1.89. The zero-order valence-electron chi connectivity index (χ0n) is 12.4. The van der Waals surface area contributed by atoms with Crippen molar-refractivity contribution in [1.82, 2.24) is 4.98 Å². The maximum atomic E-state index is 12.3. The van der Waals surface area contributed by atoms with Crippen LogP contribution in [-0.2, 0) is 11.3 Å². The maximum Gasteiger partial charge on any atom is 0.304 e. The highest BCUT2D eigenvalue weighted by Gasteiger charge is 2.23. The molecule has 0 aliphatic heterocycles. The second kappa shape index (κ2) is 5.90. The molecule has 2 aromatic rings. The van der Waals surface area contributed by atoms with Gasteiger partial charge in [0, 0.05) is 5.92 Å². The number of hydrogen-bond acceptors (Lipinski definition) is 3. The van der Waals surface area contributed by atoms with E-state index in [1.54, 1.807) is 11.2 Å². The molecular weight excluding hydrogens is 252 g/mol. The number of benzene rings is 1. The Morgan fingerprint density at radius 1 is 1.25 bits per heavy atom. The highest BCUT2D eigenvalue weighted by Crippen LogP contribution is 2.19. The molecule has 0 saturated heterocycles. The van der Waals surface area contributed by atoms with Gasteiger partial charge in [-0.05, 0) is 19.4 Å². The second-order valence-corrected chi connectivity index (χ2v) is 5.34. The summed E-state index contributed by atoms with van der Waals surface area (Å²) in [6.07, 6.45) is 1.56. The largest absolute Gasteiger partial charge is 0.431 e. The Morgan fingerprint density at radius 2 is 1.90 bits per heavy atom. The Balaban J connectivity index is 2.27. The van der Waals surface area contributed by atoms with Crippen LogP contribution in [0.25, 0.3) is 0 Å². The number of carbonyl (C=O) groups is 1. The van der Waals surface area contributed by atoms with E-state index in [2.05, 4.69) is 4.98 Å². The number of aryl methyl sites for hydroxylation is 2. The van der Waals surface area contributed by atoms with Gasteiger partial charge >= 0.3 is 6.01 Å². The molecule has 0 saturated carbocycles. The van der Waals surface area contributed by atoms with Crippen LogP contribution < -0.4 is 4.90 Å². The van der Waals surface area contributed by atoms with Gasteiger partial charge < -0.3 is 4.42 Å². The molecule has 0 unspecified atom stereocenters. The summed E-state index contributed by atoms with van der Waals surface area (Å²) >= 11 is 0. The lowest BCUT2D eigenvalue weighted by molar-refractivity contribution is -0.121. The third-order valence-corrected chi connectivity index (χ3v) is 3.06. The van der Waals surface area contributed by atoms with E-state index in [-0.39, 0.29) is 11.8 Å². The average Bonchev–Trinajstić information content (AvgIpc) is 2.83. The van der Waals surface area contributed by atoms with Crippen molar-refractivity contribution in [3.63, 3.8) is 0 Å². The standard InChI is InChI=1S/C16H20N2O2/c1-11(2)15(19)18(16-17-13(4)10-20-16)9-14-7-5-12(3)6-8-14/h5-8,10-11H,9H2,1-4H3. The number of carbonyl (C=O) groups excluding carboxylic acids is 1. The van der Waals surface area contributed by atoms with Gasteiger partial charge in [0.15, 0.2) is 0 Å². The van der Waals surface area contributed by atoms with Crippen LogP contribution in [0, 0.1) is 19.8 Å². The van der Waals surface area contributed by atoms with Gasteiger partial charge in [-0.3, -0.25) is 9.69 Å². The molecule has 0 bridgehead atoms. The fraction of sp³-hybridized carbons (Fsp3) is 0.375. The Kier molecular flexibility index (Phi) is 4.23. The highest BCUT2D eigenvalue weighted by molar-refractivity contribution is 5.92. The molecule has 0 spiro atoms. The molecule has 1 aromatic heterocycles. The quantitative estimate of drug-likeness (QED) is 0.856. The molecule has 0 atom stereocenters. The number of aromatic nitrogens is 1. The van der Waals surface area contributed by atoms with Crippen molar-refractivity contribution in [3.05, 3.63) is 47.3 Å². The van der Waals surface area contributed by atoms with Crippen molar-refractivity contribution < 1.29 is 9.21 Å². The summed E-state index contributed by atoms with van der Waals surface area (Å²) in [5.74, 6) is -0.0971. The van der Waals surface area contributed by atoms with Gasteiger partial charge in [0.2, 0.25) is 5.91 Å². The topological polar surface area (TPSA) is 46.3 Å². The van der Waals surface area contributed by atoms with Crippen LogP contribution in [0.15, 0.2) is 34.9 Å². The van der Waals surface area contributed by atoms with Crippen molar-refractivity contribution in [2.24, 2.45) is 5.92 Å². The molecule has 1 aromatic carbocycles. The summed E-state index contributed by atoms with van der Waals surface area (Å²) < 4.78 is 5.39. The van der Waals surface area contributed by atoms with Gasteiger partial charge in [-0.1, -0.05) is 43.7 Å². The normalized spacial score (nSPS) is 10.8. The lowest BCUT2D eigenvalue weighted by Crippen LogP contribution is -2.34. The molecule has 0 aliphatic carbocycles. The summed E-state index contributed by atoms with van der Waals surface area (Å²) in [5.41, 5.74) is 3.02. The SMILES string of the molecule is Cc1ccc(CN(C(=O)C(C)C)c2nc(C)co2)cc1. The van der Waals surface area contributed by atoms with E-state index in [0.717, 1.165) is 11.3 Å². The Hall–Kier alpha value is -2.10. The van der Waals surface area contributed by atoms with E-state index in [1.165, 1.54) is 5.56 Å². The lowest BCUT2D eigenvalue weighted by Gasteiger charge is -2.20. The van der Waals surface area contributed by atoms with E-state index in [4.69, 9.17) is 4.42 Å². The summed E-state index contributed by atoms with van der Waals surface area (Å²) in [6, 6.07) is 8.47. The van der Waals surface area contributed by atoms with Crippen LogP contribution in [-0.4, -0.2) is 10.9 Å². The van der Waals surface area contributed by atoms with Crippen LogP contribution in [0.2, 0.25) is 0 Å². The van der Waals surface area contributed by atoms with Crippen LogP contribution in [0.5, 0.6) is 0 Å². The van der Waals surface area contributed by atoms with E-state index in [0.29, 0.717) is 12.6 Å². The second-order valence-electron chi connectivity index (χ2n) is 5.34. The van der Waals surface area contributed by atoms with Gasteiger partial charge in [-0.25, -0.2) is 0 Å². The minimum absolute atomic E-state index is 0.00688. The number of amides is 1. The van der Waals surface area contributed by atoms with Crippen molar-refractivity contribution in [2.45, 2.75) is 34.2 Å². The van der Waals surface area contributed by atoms with Crippen LogP contribution >= 0.6 is 0 Å². The molecule has 0 aliphatic rings. The number of nitrogens with zero attached hydrogens (tertiary/aromatic N) is 2. The van der Waals surface area contributed by atoms with Gasteiger partial charge in [-0.15, -0.1) is 0 Å². The highest BCUT2D eigenvalue weighted by atomic mass is 16.4.